The topological polar surface area (TPSA) is 54.5 Å². The molecule has 136 valence electrons. The van der Waals surface area contributed by atoms with E-state index in [0.29, 0.717) is 31.1 Å². The summed E-state index contributed by atoms with van der Waals surface area (Å²) < 4.78 is 24.3. The minimum absolute atomic E-state index is 0.0983. The lowest BCUT2D eigenvalue weighted by Crippen LogP contribution is -2.42. The smallest absolute Gasteiger partial charge is 0.153 e. The Morgan fingerprint density at radius 1 is 0.923 bits per heavy atom. The third-order valence-electron chi connectivity index (χ3n) is 5.51. The van der Waals surface area contributed by atoms with Crippen molar-refractivity contribution in [2.24, 2.45) is 0 Å². The van der Waals surface area contributed by atoms with Gasteiger partial charge in [0.05, 0.1) is 11.5 Å². The normalized spacial score (nSPS) is 23.5. The molecule has 4 nitrogen and oxygen atoms in total. The molecule has 26 heavy (non-hydrogen) atoms. The van der Waals surface area contributed by atoms with E-state index in [1.54, 1.807) is 0 Å². The Labute approximate surface area is 154 Å². The van der Waals surface area contributed by atoms with Crippen molar-refractivity contribution >= 4 is 15.6 Å². The molecule has 0 bridgehead atoms. The second-order valence-electron chi connectivity index (χ2n) is 7.40. The number of Topliss-reactive ketones (excluding diaryl/α,β-unsaturated/α-hetero) is 1. The minimum Gasteiger partial charge on any atom is -0.300 e. The van der Waals surface area contributed by atoms with Gasteiger partial charge in [0.25, 0.3) is 0 Å². The average molecular weight is 369 g/mol. The van der Waals surface area contributed by atoms with Gasteiger partial charge < -0.3 is 0 Å². The van der Waals surface area contributed by atoms with Crippen molar-refractivity contribution < 1.29 is 13.2 Å². The average Bonchev–Trinajstić information content (AvgIpc) is 2.62. The molecule has 1 saturated heterocycles. The first-order valence-electron chi connectivity index (χ1n) is 9.10. The zero-order chi connectivity index (χ0) is 18.1. The highest BCUT2D eigenvalue weighted by Crippen LogP contribution is 2.34. The van der Waals surface area contributed by atoms with Crippen molar-refractivity contribution in [2.75, 3.05) is 18.1 Å². The third kappa shape index (κ3) is 3.74. The first-order valence-corrected chi connectivity index (χ1v) is 10.9. The standard InChI is InChI=1S/C21H23NO3S/c23-20-12-19(13-20)17-8-6-16(7-9-17)14-22-10-11-26(24,25)15-21(22)18-4-2-1-3-5-18/h1-9,19,21H,10-15H2. The van der Waals surface area contributed by atoms with E-state index in [2.05, 4.69) is 29.2 Å². The van der Waals surface area contributed by atoms with Crippen LogP contribution in [0.5, 0.6) is 0 Å². The molecule has 1 heterocycles. The summed E-state index contributed by atoms with van der Waals surface area (Å²) in [5, 5.41) is 0. The number of carbonyl (C=O) groups excluding carboxylic acids is 1. The van der Waals surface area contributed by atoms with E-state index < -0.39 is 9.84 Å². The lowest BCUT2D eigenvalue weighted by Gasteiger charge is -2.36. The van der Waals surface area contributed by atoms with Crippen LogP contribution >= 0.6 is 0 Å². The number of hydrogen-bond acceptors (Lipinski definition) is 4. The van der Waals surface area contributed by atoms with Gasteiger partial charge in [-0.1, -0.05) is 54.6 Å². The second-order valence-corrected chi connectivity index (χ2v) is 9.63. The quantitative estimate of drug-likeness (QED) is 0.831. The van der Waals surface area contributed by atoms with Crippen LogP contribution in [0, 0.1) is 0 Å². The Morgan fingerprint density at radius 3 is 2.27 bits per heavy atom. The Hall–Kier alpha value is -1.98. The monoisotopic (exact) mass is 369 g/mol. The van der Waals surface area contributed by atoms with E-state index in [1.165, 1.54) is 11.1 Å². The summed E-state index contributed by atoms with van der Waals surface area (Å²) in [6.07, 6.45) is 1.33. The van der Waals surface area contributed by atoms with E-state index in [9.17, 15) is 13.2 Å². The summed E-state index contributed by atoms with van der Waals surface area (Å²) in [4.78, 5) is 13.4. The van der Waals surface area contributed by atoms with Crippen molar-refractivity contribution in [3.8, 4) is 0 Å². The van der Waals surface area contributed by atoms with Crippen molar-refractivity contribution in [2.45, 2.75) is 31.3 Å². The molecule has 1 aliphatic heterocycles. The van der Waals surface area contributed by atoms with Gasteiger partial charge in [-0.25, -0.2) is 8.42 Å². The van der Waals surface area contributed by atoms with Crippen LogP contribution in [-0.2, 0) is 21.2 Å². The van der Waals surface area contributed by atoms with Crippen LogP contribution < -0.4 is 0 Å². The molecule has 2 aromatic carbocycles. The molecule has 4 rings (SSSR count). The molecule has 1 atom stereocenters. The Kier molecular flexibility index (Phi) is 4.67. The molecular formula is C21H23NO3S. The van der Waals surface area contributed by atoms with Crippen molar-refractivity contribution in [1.29, 1.82) is 0 Å². The predicted octanol–water partition coefficient (Wildman–Crippen LogP) is 3.10. The second kappa shape index (κ2) is 6.97. The number of rotatable bonds is 4. The molecule has 0 spiro atoms. The maximum atomic E-state index is 12.2. The zero-order valence-electron chi connectivity index (χ0n) is 14.7. The molecular weight excluding hydrogens is 346 g/mol. The van der Waals surface area contributed by atoms with Crippen molar-refractivity contribution in [1.82, 2.24) is 4.90 Å². The van der Waals surface area contributed by atoms with Gasteiger partial charge in [-0.2, -0.15) is 0 Å². The summed E-state index contributed by atoms with van der Waals surface area (Å²) in [5.74, 6) is 1.13. The summed E-state index contributed by atoms with van der Waals surface area (Å²) in [7, 11) is -3.00. The number of sulfone groups is 1. The van der Waals surface area contributed by atoms with E-state index in [0.717, 1.165) is 12.1 Å². The summed E-state index contributed by atoms with van der Waals surface area (Å²) in [6, 6.07) is 18.3. The number of benzene rings is 2. The van der Waals surface area contributed by atoms with Crippen LogP contribution in [0.15, 0.2) is 54.6 Å². The van der Waals surface area contributed by atoms with Crippen LogP contribution in [0.1, 0.15) is 41.5 Å². The van der Waals surface area contributed by atoms with E-state index >= 15 is 0 Å². The number of ketones is 1. The van der Waals surface area contributed by atoms with Crippen molar-refractivity contribution in [3.05, 3.63) is 71.3 Å². The first kappa shape index (κ1) is 17.4. The molecule has 2 aromatic rings. The van der Waals surface area contributed by atoms with E-state index in [-0.39, 0.29) is 17.5 Å². The van der Waals surface area contributed by atoms with Gasteiger partial charge in [0, 0.05) is 32.0 Å². The van der Waals surface area contributed by atoms with Crippen LogP contribution in [-0.4, -0.2) is 37.2 Å². The highest BCUT2D eigenvalue weighted by molar-refractivity contribution is 7.91. The lowest BCUT2D eigenvalue weighted by molar-refractivity contribution is -0.124. The molecule has 2 aliphatic rings. The van der Waals surface area contributed by atoms with Crippen LogP contribution in [0.2, 0.25) is 0 Å². The molecule has 1 aliphatic carbocycles. The number of nitrogens with zero attached hydrogens (tertiary/aromatic N) is 1. The van der Waals surface area contributed by atoms with Gasteiger partial charge in [0.15, 0.2) is 9.84 Å². The summed E-state index contributed by atoms with van der Waals surface area (Å²) in [6.45, 7) is 1.29. The molecule has 0 N–H and O–H groups in total. The fourth-order valence-corrected chi connectivity index (χ4v) is 5.43. The summed E-state index contributed by atoms with van der Waals surface area (Å²) in [5.41, 5.74) is 3.47. The highest BCUT2D eigenvalue weighted by atomic mass is 32.2. The fraction of sp³-hybridized carbons (Fsp3) is 0.381. The number of hydrogen-bond donors (Lipinski definition) is 0. The molecule has 0 amide bonds. The Bertz CT molecular complexity index is 883. The first-order chi connectivity index (χ1) is 12.5. The predicted molar refractivity (Wildman–Crippen MR) is 102 cm³/mol. The van der Waals surface area contributed by atoms with Gasteiger partial charge in [-0.05, 0) is 22.6 Å². The molecule has 5 heteroatoms. The third-order valence-corrected chi connectivity index (χ3v) is 7.14. The molecule has 0 aromatic heterocycles. The Balaban J connectivity index is 1.51. The lowest BCUT2D eigenvalue weighted by atomic mass is 9.79. The maximum absolute atomic E-state index is 12.2. The molecule has 1 saturated carbocycles. The zero-order valence-corrected chi connectivity index (χ0v) is 15.5. The van der Waals surface area contributed by atoms with Gasteiger partial charge in [0.1, 0.15) is 5.78 Å². The van der Waals surface area contributed by atoms with Crippen LogP contribution in [0.25, 0.3) is 0 Å². The number of carbonyl (C=O) groups is 1. The van der Waals surface area contributed by atoms with Crippen molar-refractivity contribution in [3.63, 3.8) is 0 Å². The SMILES string of the molecule is O=C1CC(c2ccc(CN3CCS(=O)(=O)CC3c3ccccc3)cc2)C1. The highest BCUT2D eigenvalue weighted by Gasteiger charge is 2.32. The van der Waals surface area contributed by atoms with Gasteiger partial charge in [0.2, 0.25) is 0 Å². The van der Waals surface area contributed by atoms with Gasteiger partial charge >= 0.3 is 0 Å². The largest absolute Gasteiger partial charge is 0.300 e. The Morgan fingerprint density at radius 2 is 1.62 bits per heavy atom. The van der Waals surface area contributed by atoms with Crippen LogP contribution in [0.4, 0.5) is 0 Å². The molecule has 2 fully saturated rings. The summed E-state index contributed by atoms with van der Waals surface area (Å²) >= 11 is 0. The van der Waals surface area contributed by atoms with Gasteiger partial charge in [-0.15, -0.1) is 0 Å². The van der Waals surface area contributed by atoms with E-state index in [4.69, 9.17) is 0 Å². The fourth-order valence-electron chi connectivity index (χ4n) is 3.87. The van der Waals surface area contributed by atoms with Crippen LogP contribution in [0.3, 0.4) is 0 Å². The molecule has 1 unspecified atom stereocenters. The van der Waals surface area contributed by atoms with Gasteiger partial charge in [-0.3, -0.25) is 9.69 Å². The van der Waals surface area contributed by atoms with E-state index in [1.807, 2.05) is 30.3 Å². The minimum atomic E-state index is -3.00. The molecule has 0 radical (unpaired) electrons. The maximum Gasteiger partial charge on any atom is 0.153 e.